The van der Waals surface area contributed by atoms with Crippen LogP contribution in [0.3, 0.4) is 0 Å². The first-order valence-corrected chi connectivity index (χ1v) is 7.26. The van der Waals surface area contributed by atoms with Gasteiger partial charge in [0.05, 0.1) is 6.61 Å². The van der Waals surface area contributed by atoms with Crippen LogP contribution >= 0.6 is 0 Å². The van der Waals surface area contributed by atoms with Crippen molar-refractivity contribution in [2.45, 2.75) is 37.6 Å². The van der Waals surface area contributed by atoms with Crippen molar-refractivity contribution in [3.63, 3.8) is 0 Å². The second-order valence-corrected chi connectivity index (χ2v) is 5.44. The molecule has 1 aromatic carbocycles. The molecule has 0 saturated carbocycles. The lowest BCUT2D eigenvalue weighted by molar-refractivity contribution is -0.281. The number of carbonyl (C=O) groups excluding carboxylic acids is 1. The van der Waals surface area contributed by atoms with E-state index in [1.54, 1.807) is 0 Å². The van der Waals surface area contributed by atoms with Crippen molar-refractivity contribution in [2.24, 2.45) is 5.16 Å². The van der Waals surface area contributed by atoms with Crippen LogP contribution in [0, 0.1) is 0 Å². The van der Waals surface area contributed by atoms with Crippen molar-refractivity contribution in [2.75, 3.05) is 6.61 Å². The van der Waals surface area contributed by atoms with Gasteiger partial charge >= 0.3 is 0 Å². The molecule has 8 heteroatoms. The van der Waals surface area contributed by atoms with Crippen LogP contribution in [-0.2, 0) is 19.0 Å². The predicted molar refractivity (Wildman–Crippen MR) is 77.7 cm³/mol. The van der Waals surface area contributed by atoms with E-state index in [4.69, 9.17) is 19.4 Å². The summed E-state index contributed by atoms with van der Waals surface area (Å²) in [6, 6.07) is 8.33. The highest BCUT2D eigenvalue weighted by molar-refractivity contribution is 5.88. The van der Waals surface area contributed by atoms with Crippen LogP contribution in [0.15, 0.2) is 35.5 Å². The van der Waals surface area contributed by atoms with Crippen molar-refractivity contribution >= 4 is 11.8 Å². The number of fused-ring (bicyclic) bond motifs is 1. The van der Waals surface area contributed by atoms with Crippen molar-refractivity contribution in [1.82, 2.24) is 5.32 Å². The number of oxime groups is 1. The van der Waals surface area contributed by atoms with Gasteiger partial charge in [-0.25, -0.2) is 0 Å². The molecule has 2 saturated heterocycles. The minimum absolute atomic E-state index is 0.160. The maximum absolute atomic E-state index is 11.3. The molecule has 3 rings (SSSR count). The largest absolute Gasteiger partial charge is 0.468 e. The molecule has 2 aliphatic heterocycles. The van der Waals surface area contributed by atoms with E-state index in [2.05, 4.69) is 10.5 Å². The molecular formula is C15H18N2O6. The fraction of sp³-hybridized carbons (Fsp3) is 0.467. The molecule has 1 aromatic rings. The highest BCUT2D eigenvalue weighted by Gasteiger charge is 2.49. The van der Waals surface area contributed by atoms with E-state index in [1.807, 2.05) is 30.3 Å². The third-order valence-electron chi connectivity index (χ3n) is 3.80. The van der Waals surface area contributed by atoms with Crippen LogP contribution in [0.25, 0.3) is 0 Å². The normalized spacial score (nSPS) is 35.2. The summed E-state index contributed by atoms with van der Waals surface area (Å²) < 4.78 is 16.9. The van der Waals surface area contributed by atoms with Crippen molar-refractivity contribution in [3.05, 3.63) is 35.9 Å². The zero-order valence-corrected chi connectivity index (χ0v) is 12.5. The Labute approximate surface area is 132 Å². The van der Waals surface area contributed by atoms with Crippen LogP contribution in [0.2, 0.25) is 0 Å². The van der Waals surface area contributed by atoms with Gasteiger partial charge in [-0.05, 0) is 0 Å². The van der Waals surface area contributed by atoms with Gasteiger partial charge < -0.3 is 29.8 Å². The summed E-state index contributed by atoms with van der Waals surface area (Å²) >= 11 is 0. The Morgan fingerprint density at radius 2 is 2.09 bits per heavy atom. The summed E-state index contributed by atoms with van der Waals surface area (Å²) in [5.41, 5.74) is 0.816. The SMILES string of the molecule is CC(=O)NC1/C(=N\O)OC2COC(c3ccccc3)O[C@H]2C1O. The monoisotopic (exact) mass is 322 g/mol. The molecule has 1 amide bonds. The van der Waals surface area contributed by atoms with E-state index in [9.17, 15) is 9.90 Å². The third kappa shape index (κ3) is 3.14. The first kappa shape index (κ1) is 15.7. The average molecular weight is 322 g/mol. The Hall–Kier alpha value is -2.16. The maximum Gasteiger partial charge on any atom is 0.251 e. The maximum atomic E-state index is 11.3. The number of carbonyl (C=O) groups is 1. The molecule has 2 heterocycles. The van der Waals surface area contributed by atoms with E-state index < -0.39 is 30.6 Å². The van der Waals surface area contributed by atoms with Gasteiger partial charge in [-0.2, -0.15) is 0 Å². The fourth-order valence-electron chi connectivity index (χ4n) is 2.75. The topological polar surface area (TPSA) is 110 Å². The lowest BCUT2D eigenvalue weighted by Gasteiger charge is -2.44. The lowest BCUT2D eigenvalue weighted by Crippen LogP contribution is -2.64. The molecule has 4 unspecified atom stereocenters. The third-order valence-corrected chi connectivity index (χ3v) is 3.80. The highest BCUT2D eigenvalue weighted by Crippen LogP contribution is 2.32. The average Bonchev–Trinajstić information content (AvgIpc) is 2.57. The molecular weight excluding hydrogens is 304 g/mol. The standard InChI is InChI=1S/C15H18N2O6/c1-8(18)16-11-12(19)13-10(22-14(11)17-20)7-21-15(23-13)9-5-3-2-4-6-9/h2-6,10-13,15,19-20H,7H2,1H3,(H,16,18)/b17-14+/t10?,11?,12?,13-,15?/m1/s1. The minimum Gasteiger partial charge on any atom is -0.468 e. The fourth-order valence-corrected chi connectivity index (χ4v) is 2.75. The molecule has 5 atom stereocenters. The van der Waals surface area contributed by atoms with Gasteiger partial charge in [-0.1, -0.05) is 35.5 Å². The minimum atomic E-state index is -1.13. The van der Waals surface area contributed by atoms with Crippen LogP contribution in [0.1, 0.15) is 18.8 Å². The summed E-state index contributed by atoms with van der Waals surface area (Å²) in [5, 5.41) is 25.0. The van der Waals surface area contributed by atoms with E-state index in [1.165, 1.54) is 6.92 Å². The molecule has 0 aliphatic carbocycles. The Morgan fingerprint density at radius 1 is 1.35 bits per heavy atom. The second-order valence-electron chi connectivity index (χ2n) is 5.44. The Morgan fingerprint density at radius 3 is 2.74 bits per heavy atom. The molecule has 0 radical (unpaired) electrons. The number of rotatable bonds is 2. The number of hydrogen-bond acceptors (Lipinski definition) is 7. The number of aliphatic hydroxyl groups is 1. The molecule has 124 valence electrons. The van der Waals surface area contributed by atoms with Gasteiger partial charge in [0.15, 0.2) is 12.4 Å². The van der Waals surface area contributed by atoms with Crippen LogP contribution in [0.5, 0.6) is 0 Å². The van der Waals surface area contributed by atoms with Crippen molar-refractivity contribution < 1.29 is 29.3 Å². The van der Waals surface area contributed by atoms with Gasteiger partial charge in [0.2, 0.25) is 5.91 Å². The second kappa shape index (κ2) is 6.53. The zero-order valence-electron chi connectivity index (χ0n) is 12.5. The van der Waals surface area contributed by atoms with Crippen LogP contribution in [-0.4, -0.2) is 53.1 Å². The Balaban J connectivity index is 1.79. The van der Waals surface area contributed by atoms with E-state index in [0.29, 0.717) is 0 Å². The first-order chi connectivity index (χ1) is 11.1. The number of ether oxygens (including phenoxy) is 3. The summed E-state index contributed by atoms with van der Waals surface area (Å²) in [6.45, 7) is 1.46. The summed E-state index contributed by atoms with van der Waals surface area (Å²) in [7, 11) is 0. The van der Waals surface area contributed by atoms with Gasteiger partial charge in [0.1, 0.15) is 18.2 Å². The number of nitrogens with one attached hydrogen (secondary N) is 1. The number of aliphatic hydroxyl groups excluding tert-OH is 1. The molecule has 0 bridgehead atoms. The van der Waals surface area contributed by atoms with Gasteiger partial charge in [0.25, 0.3) is 5.90 Å². The van der Waals surface area contributed by atoms with Gasteiger partial charge in [-0.3, -0.25) is 4.79 Å². The number of amides is 1. The van der Waals surface area contributed by atoms with Crippen LogP contribution in [0.4, 0.5) is 0 Å². The Kier molecular flexibility index (Phi) is 4.46. The van der Waals surface area contributed by atoms with E-state index in [0.717, 1.165) is 5.56 Å². The zero-order chi connectivity index (χ0) is 16.4. The molecule has 2 fully saturated rings. The van der Waals surface area contributed by atoms with Gasteiger partial charge in [-0.15, -0.1) is 0 Å². The van der Waals surface area contributed by atoms with E-state index >= 15 is 0 Å². The summed E-state index contributed by atoms with van der Waals surface area (Å²) in [6.07, 6.45) is -3.11. The molecule has 0 aromatic heterocycles. The molecule has 3 N–H and O–H groups in total. The van der Waals surface area contributed by atoms with Gasteiger partial charge in [0, 0.05) is 12.5 Å². The number of hydrogen-bond donors (Lipinski definition) is 3. The molecule has 23 heavy (non-hydrogen) atoms. The smallest absolute Gasteiger partial charge is 0.251 e. The number of benzene rings is 1. The van der Waals surface area contributed by atoms with E-state index in [-0.39, 0.29) is 18.4 Å². The molecule has 8 nitrogen and oxygen atoms in total. The molecule has 2 aliphatic rings. The van der Waals surface area contributed by atoms with Crippen LogP contribution < -0.4 is 5.32 Å². The lowest BCUT2D eigenvalue weighted by atomic mass is 9.96. The molecule has 0 spiro atoms. The first-order valence-electron chi connectivity index (χ1n) is 7.26. The quantitative estimate of drug-likeness (QED) is 0.528. The predicted octanol–water partition coefficient (Wildman–Crippen LogP) is 0.153. The summed E-state index contributed by atoms with van der Waals surface area (Å²) in [4.78, 5) is 11.3. The summed E-state index contributed by atoms with van der Waals surface area (Å²) in [5.74, 6) is -0.553. The van der Waals surface area contributed by atoms with Crippen molar-refractivity contribution in [3.8, 4) is 0 Å². The number of nitrogens with zero attached hydrogens (tertiary/aromatic N) is 1. The highest BCUT2D eigenvalue weighted by atomic mass is 16.7. The van der Waals surface area contributed by atoms with Crippen molar-refractivity contribution in [1.29, 1.82) is 0 Å². The Bertz CT molecular complexity index is 593.